The van der Waals surface area contributed by atoms with E-state index in [1.54, 1.807) is 12.1 Å². The van der Waals surface area contributed by atoms with Gasteiger partial charge in [-0.25, -0.2) is 9.78 Å². The van der Waals surface area contributed by atoms with E-state index in [4.69, 9.17) is 19.7 Å². The maximum Gasteiger partial charge on any atom is 0.354 e. The fraction of sp³-hybridized carbons (Fsp3) is 0.458. The first-order chi connectivity index (χ1) is 16.0. The summed E-state index contributed by atoms with van der Waals surface area (Å²) in [5.74, 6) is 0.421. The van der Waals surface area contributed by atoms with Crippen molar-refractivity contribution in [3.05, 3.63) is 46.7 Å². The molecule has 9 heteroatoms. The summed E-state index contributed by atoms with van der Waals surface area (Å²) >= 11 is 3.60. The van der Waals surface area contributed by atoms with Crippen LogP contribution in [0.5, 0.6) is 11.6 Å². The topological polar surface area (TPSA) is 107 Å². The minimum absolute atomic E-state index is 0.0311. The van der Waals surface area contributed by atoms with Crippen LogP contribution in [0.3, 0.4) is 0 Å². The predicted octanol–water partition coefficient (Wildman–Crippen LogP) is 4.85. The number of unbranched alkanes of at least 4 members (excludes halogenated alkanes) is 1. The molecule has 1 aliphatic carbocycles. The number of aromatic carboxylic acids is 1. The normalized spacial score (nSPS) is 18.4. The number of aliphatic hydroxyl groups excluding tert-OH is 1. The van der Waals surface area contributed by atoms with E-state index < -0.39 is 5.97 Å². The Labute approximate surface area is 200 Å². The number of benzene rings is 1. The van der Waals surface area contributed by atoms with E-state index in [1.165, 1.54) is 6.07 Å². The number of pyridine rings is 1. The summed E-state index contributed by atoms with van der Waals surface area (Å²) in [5, 5.41) is 24.2. The van der Waals surface area contributed by atoms with Gasteiger partial charge in [-0.3, -0.25) is 4.68 Å². The van der Waals surface area contributed by atoms with Gasteiger partial charge in [0.05, 0.1) is 29.2 Å². The largest absolute Gasteiger partial charge is 0.492 e. The van der Waals surface area contributed by atoms with E-state index in [0.717, 1.165) is 59.7 Å². The number of halogens is 1. The molecule has 33 heavy (non-hydrogen) atoms. The summed E-state index contributed by atoms with van der Waals surface area (Å²) in [6, 6.07) is 9.08. The molecule has 0 radical (unpaired) electrons. The van der Waals surface area contributed by atoms with Crippen LogP contribution in [0.4, 0.5) is 0 Å². The van der Waals surface area contributed by atoms with E-state index in [9.17, 15) is 9.90 Å². The molecule has 2 heterocycles. The average Bonchev–Trinajstić information content (AvgIpc) is 3.24. The molecule has 1 aromatic carbocycles. The molecule has 4 rings (SSSR count). The van der Waals surface area contributed by atoms with Crippen molar-refractivity contribution >= 4 is 32.8 Å². The molecule has 8 nitrogen and oxygen atoms in total. The zero-order chi connectivity index (χ0) is 23.2. The molecule has 1 saturated carbocycles. The summed E-state index contributed by atoms with van der Waals surface area (Å²) < 4.78 is 14.5. The van der Waals surface area contributed by atoms with E-state index in [2.05, 4.69) is 31.8 Å². The van der Waals surface area contributed by atoms with Crippen molar-refractivity contribution in [1.82, 2.24) is 14.8 Å². The molecule has 0 spiro atoms. The number of nitrogens with zero attached hydrogens (tertiary/aromatic N) is 3. The summed E-state index contributed by atoms with van der Waals surface area (Å²) in [5.41, 5.74) is 0.876. The highest BCUT2D eigenvalue weighted by Gasteiger charge is 2.23. The van der Waals surface area contributed by atoms with Crippen molar-refractivity contribution in [2.24, 2.45) is 5.92 Å². The number of aliphatic hydroxyl groups is 1. The molecule has 0 atom stereocenters. The average molecular weight is 518 g/mol. The number of hydrogen-bond donors (Lipinski definition) is 2. The van der Waals surface area contributed by atoms with Gasteiger partial charge in [0.1, 0.15) is 5.75 Å². The van der Waals surface area contributed by atoms with Crippen molar-refractivity contribution in [1.29, 1.82) is 0 Å². The van der Waals surface area contributed by atoms with Gasteiger partial charge in [0.25, 0.3) is 0 Å². The van der Waals surface area contributed by atoms with Crippen molar-refractivity contribution in [3.63, 3.8) is 0 Å². The van der Waals surface area contributed by atoms with Crippen molar-refractivity contribution in [2.75, 3.05) is 19.8 Å². The number of rotatable bonds is 10. The predicted molar refractivity (Wildman–Crippen MR) is 127 cm³/mol. The van der Waals surface area contributed by atoms with Crippen LogP contribution in [0.15, 0.2) is 41.0 Å². The number of hydrogen-bond acceptors (Lipinski definition) is 6. The van der Waals surface area contributed by atoms with Crippen LogP contribution in [0.2, 0.25) is 0 Å². The SMILES string of the molecule is O=C(O)c1cccc(OCCCCOc2cc3nn(C4CCC(CO)CC4)cc3cc2Br)n1. The van der Waals surface area contributed by atoms with Crippen LogP contribution in [0.1, 0.15) is 55.1 Å². The minimum Gasteiger partial charge on any atom is -0.492 e. The molecule has 0 aliphatic heterocycles. The quantitative estimate of drug-likeness (QED) is 0.370. The lowest BCUT2D eigenvalue weighted by molar-refractivity contribution is 0.0689. The lowest BCUT2D eigenvalue weighted by atomic mass is 9.87. The molecular formula is C24H28BrN3O5. The number of fused-ring (bicyclic) bond motifs is 1. The fourth-order valence-electron chi connectivity index (χ4n) is 4.11. The zero-order valence-corrected chi connectivity index (χ0v) is 19.9. The second kappa shape index (κ2) is 11.0. The third-order valence-electron chi connectivity index (χ3n) is 6.01. The second-order valence-corrected chi connectivity index (χ2v) is 9.23. The Bertz CT molecular complexity index is 1090. The van der Waals surface area contributed by atoms with Crippen molar-refractivity contribution < 1.29 is 24.5 Å². The molecule has 1 aliphatic rings. The Morgan fingerprint density at radius 3 is 2.61 bits per heavy atom. The number of carboxylic acid groups (broad SMARTS) is 1. The lowest BCUT2D eigenvalue weighted by Gasteiger charge is -2.27. The molecular weight excluding hydrogens is 490 g/mol. The highest BCUT2D eigenvalue weighted by molar-refractivity contribution is 9.10. The van der Waals surface area contributed by atoms with Crippen LogP contribution in [0, 0.1) is 5.92 Å². The van der Waals surface area contributed by atoms with Gasteiger partial charge in [0, 0.05) is 30.3 Å². The minimum atomic E-state index is -1.07. The highest BCUT2D eigenvalue weighted by atomic mass is 79.9. The number of ether oxygens (including phenoxy) is 2. The summed E-state index contributed by atoms with van der Waals surface area (Å²) in [4.78, 5) is 14.9. The Morgan fingerprint density at radius 1 is 1.12 bits per heavy atom. The summed E-state index contributed by atoms with van der Waals surface area (Å²) in [6.07, 6.45) is 7.80. The van der Waals surface area contributed by atoms with Crippen LogP contribution in [-0.4, -0.2) is 50.8 Å². The Balaban J connectivity index is 1.26. The zero-order valence-electron chi connectivity index (χ0n) is 18.3. The van der Waals surface area contributed by atoms with E-state index >= 15 is 0 Å². The Kier molecular flexibility index (Phi) is 7.82. The van der Waals surface area contributed by atoms with Crippen molar-refractivity contribution in [2.45, 2.75) is 44.6 Å². The first-order valence-electron chi connectivity index (χ1n) is 11.3. The standard InChI is InChI=1S/C24H28BrN3O5/c25-19-12-17-14-28(18-8-6-16(15-29)7-9-18)27-21(17)13-22(19)32-10-1-2-11-33-23-5-3-4-20(26-23)24(30)31/h3-5,12-14,16,18,29H,1-2,6-11,15H2,(H,30,31). The van der Waals surface area contributed by atoms with Crippen LogP contribution in [-0.2, 0) is 0 Å². The maximum atomic E-state index is 11.0. The monoisotopic (exact) mass is 517 g/mol. The summed E-state index contributed by atoms with van der Waals surface area (Å²) in [6.45, 7) is 1.24. The molecule has 0 saturated heterocycles. The Morgan fingerprint density at radius 2 is 1.88 bits per heavy atom. The second-order valence-electron chi connectivity index (χ2n) is 8.38. The summed E-state index contributed by atoms with van der Waals surface area (Å²) in [7, 11) is 0. The Hall–Kier alpha value is -2.65. The molecule has 1 fully saturated rings. The van der Waals surface area contributed by atoms with Gasteiger partial charge in [-0.15, -0.1) is 0 Å². The van der Waals surface area contributed by atoms with Gasteiger partial charge in [0.2, 0.25) is 5.88 Å². The fourth-order valence-corrected chi connectivity index (χ4v) is 4.59. The third-order valence-corrected chi connectivity index (χ3v) is 6.63. The third kappa shape index (κ3) is 6.03. The van der Waals surface area contributed by atoms with Crippen LogP contribution >= 0.6 is 15.9 Å². The van der Waals surface area contributed by atoms with E-state index in [-0.39, 0.29) is 12.3 Å². The van der Waals surface area contributed by atoms with Gasteiger partial charge < -0.3 is 19.7 Å². The molecule has 0 amide bonds. The number of carboxylic acids is 1. The number of aromatic nitrogens is 3. The van der Waals surface area contributed by atoms with Gasteiger partial charge >= 0.3 is 5.97 Å². The van der Waals surface area contributed by atoms with Gasteiger partial charge in [-0.05, 0) is 72.5 Å². The maximum absolute atomic E-state index is 11.0. The highest BCUT2D eigenvalue weighted by Crippen LogP contribution is 2.34. The molecule has 176 valence electrons. The lowest BCUT2D eigenvalue weighted by Crippen LogP contribution is -2.20. The van der Waals surface area contributed by atoms with Gasteiger partial charge in [-0.2, -0.15) is 5.10 Å². The molecule has 2 N–H and O–H groups in total. The molecule has 0 bridgehead atoms. The van der Waals surface area contributed by atoms with Crippen molar-refractivity contribution in [3.8, 4) is 11.6 Å². The van der Waals surface area contributed by atoms with Crippen LogP contribution < -0.4 is 9.47 Å². The smallest absolute Gasteiger partial charge is 0.354 e. The molecule has 3 aromatic rings. The molecule has 0 unspecified atom stereocenters. The molecule has 2 aromatic heterocycles. The van der Waals surface area contributed by atoms with Gasteiger partial charge in [-0.1, -0.05) is 6.07 Å². The van der Waals surface area contributed by atoms with Crippen LogP contribution in [0.25, 0.3) is 10.9 Å². The number of carbonyl (C=O) groups is 1. The van der Waals surface area contributed by atoms with E-state index in [1.807, 2.05) is 12.1 Å². The van der Waals surface area contributed by atoms with Gasteiger partial charge in [0.15, 0.2) is 5.69 Å². The first kappa shape index (κ1) is 23.5. The van der Waals surface area contributed by atoms with E-state index in [0.29, 0.717) is 31.1 Å². The first-order valence-corrected chi connectivity index (χ1v) is 12.1.